The Morgan fingerprint density at radius 3 is 2.93 bits per heavy atom. The highest BCUT2D eigenvalue weighted by molar-refractivity contribution is 7.20. The van der Waals surface area contributed by atoms with Crippen molar-refractivity contribution in [2.45, 2.75) is 0 Å². The van der Waals surface area contributed by atoms with Gasteiger partial charge in [-0.25, -0.2) is 9.78 Å². The zero-order chi connectivity index (χ0) is 11.0. The quantitative estimate of drug-likeness (QED) is 0.819. The molecule has 0 aliphatic heterocycles. The van der Waals surface area contributed by atoms with Crippen LogP contribution in [0.3, 0.4) is 0 Å². The van der Waals surface area contributed by atoms with Gasteiger partial charge in [0.15, 0.2) is 0 Å². The van der Waals surface area contributed by atoms with E-state index in [-0.39, 0.29) is 16.0 Å². The molecule has 2 rings (SSSR count). The van der Waals surface area contributed by atoms with Crippen LogP contribution in [0.25, 0.3) is 10.2 Å². The van der Waals surface area contributed by atoms with Crippen molar-refractivity contribution in [2.75, 3.05) is 7.11 Å². The Kier molecular flexibility index (Phi) is 2.45. The summed E-state index contributed by atoms with van der Waals surface area (Å²) in [6.07, 6.45) is 0. The summed E-state index contributed by atoms with van der Waals surface area (Å²) in [5.41, 5.74) is 0. The predicted molar refractivity (Wildman–Crippen MR) is 55.9 cm³/mol. The molecule has 0 aliphatic rings. The maximum Gasteiger partial charge on any atom is 0.345 e. The molecule has 15 heavy (non-hydrogen) atoms. The van der Waals surface area contributed by atoms with Gasteiger partial charge >= 0.3 is 5.97 Å². The number of methoxy groups -OCH3 is 1. The molecule has 78 valence electrons. The summed E-state index contributed by atoms with van der Waals surface area (Å²) in [7, 11) is 1.44. The second-order valence-electron chi connectivity index (χ2n) is 2.64. The molecule has 0 saturated heterocycles. The van der Waals surface area contributed by atoms with Crippen molar-refractivity contribution in [1.82, 2.24) is 9.97 Å². The van der Waals surface area contributed by atoms with Crippen LogP contribution < -0.4 is 4.74 Å². The number of ether oxygens (including phenoxy) is 1. The van der Waals surface area contributed by atoms with Gasteiger partial charge in [0.1, 0.15) is 9.71 Å². The molecule has 0 radical (unpaired) electrons. The summed E-state index contributed by atoms with van der Waals surface area (Å²) in [5.74, 6) is -0.718. The second kappa shape index (κ2) is 3.63. The lowest BCUT2D eigenvalue weighted by atomic mass is 10.3. The molecule has 0 spiro atoms. The third-order valence-electron chi connectivity index (χ3n) is 1.73. The van der Waals surface area contributed by atoms with Crippen molar-refractivity contribution in [3.05, 3.63) is 16.2 Å². The zero-order valence-electron chi connectivity index (χ0n) is 7.52. The molecular weight excluding hydrogens is 240 g/mol. The van der Waals surface area contributed by atoms with Gasteiger partial charge in [-0.15, -0.1) is 11.3 Å². The molecule has 0 aromatic carbocycles. The van der Waals surface area contributed by atoms with Crippen LogP contribution >= 0.6 is 22.9 Å². The molecule has 1 N–H and O–H groups in total. The number of aromatic nitrogens is 2. The van der Waals surface area contributed by atoms with Gasteiger partial charge < -0.3 is 9.84 Å². The van der Waals surface area contributed by atoms with E-state index < -0.39 is 5.97 Å². The Hall–Kier alpha value is -1.40. The van der Waals surface area contributed by atoms with Crippen LogP contribution in [0.5, 0.6) is 5.88 Å². The Balaban J connectivity index is 2.74. The topological polar surface area (TPSA) is 72.3 Å². The zero-order valence-corrected chi connectivity index (χ0v) is 9.09. The van der Waals surface area contributed by atoms with Crippen molar-refractivity contribution < 1.29 is 14.6 Å². The van der Waals surface area contributed by atoms with Crippen LogP contribution in [0.15, 0.2) is 6.07 Å². The van der Waals surface area contributed by atoms with E-state index in [0.29, 0.717) is 10.2 Å². The molecule has 0 unspecified atom stereocenters. The molecule has 0 fully saturated rings. The summed E-state index contributed by atoms with van der Waals surface area (Å²) in [6.45, 7) is 0. The molecular formula is C8H5ClN2O3S. The first-order chi connectivity index (χ1) is 7.11. The first-order valence-corrected chi connectivity index (χ1v) is 5.05. The number of nitrogens with zero attached hydrogens (tertiary/aromatic N) is 2. The largest absolute Gasteiger partial charge is 0.480 e. The van der Waals surface area contributed by atoms with Gasteiger partial charge in [0.2, 0.25) is 11.2 Å². The predicted octanol–water partition coefficient (Wildman–Crippen LogP) is 2.05. The molecule has 0 atom stereocenters. The van der Waals surface area contributed by atoms with Gasteiger partial charge in [0, 0.05) is 0 Å². The van der Waals surface area contributed by atoms with Crippen LogP contribution in [0.1, 0.15) is 9.67 Å². The molecule has 2 aromatic heterocycles. The van der Waals surface area contributed by atoms with E-state index in [2.05, 4.69) is 9.97 Å². The minimum absolute atomic E-state index is 0.0399. The highest BCUT2D eigenvalue weighted by atomic mass is 35.5. The average molecular weight is 245 g/mol. The number of hydrogen-bond acceptors (Lipinski definition) is 5. The number of halogens is 1. The van der Waals surface area contributed by atoms with Gasteiger partial charge in [0.25, 0.3) is 0 Å². The molecule has 0 amide bonds. The maximum atomic E-state index is 10.7. The second-order valence-corrected chi connectivity index (χ2v) is 4.01. The van der Waals surface area contributed by atoms with E-state index in [4.69, 9.17) is 21.4 Å². The molecule has 2 aromatic rings. The normalized spacial score (nSPS) is 10.5. The highest BCUT2D eigenvalue weighted by Gasteiger charge is 2.14. The lowest BCUT2D eigenvalue weighted by Gasteiger charge is -1.99. The molecule has 0 bridgehead atoms. The lowest BCUT2D eigenvalue weighted by Crippen LogP contribution is -1.91. The number of thiophene rings is 1. The first kappa shape index (κ1) is 10.1. The third-order valence-corrected chi connectivity index (χ3v) is 2.92. The minimum atomic E-state index is -1.00. The third kappa shape index (κ3) is 1.73. The number of hydrogen-bond donors (Lipinski definition) is 1. The van der Waals surface area contributed by atoms with Crippen molar-refractivity contribution >= 4 is 39.1 Å². The van der Waals surface area contributed by atoms with Crippen molar-refractivity contribution in [2.24, 2.45) is 0 Å². The van der Waals surface area contributed by atoms with Crippen LogP contribution in [0.2, 0.25) is 5.28 Å². The fraction of sp³-hybridized carbons (Fsp3) is 0.125. The maximum absolute atomic E-state index is 10.7. The monoisotopic (exact) mass is 244 g/mol. The fourth-order valence-corrected chi connectivity index (χ4v) is 2.20. The van der Waals surface area contributed by atoms with Gasteiger partial charge in [-0.1, -0.05) is 0 Å². The van der Waals surface area contributed by atoms with E-state index in [0.717, 1.165) is 11.3 Å². The van der Waals surface area contributed by atoms with E-state index in [1.807, 2.05) is 0 Å². The average Bonchev–Trinajstić information content (AvgIpc) is 2.59. The number of carboxylic acids is 1. The molecule has 5 nitrogen and oxygen atoms in total. The van der Waals surface area contributed by atoms with Crippen LogP contribution in [0, 0.1) is 0 Å². The van der Waals surface area contributed by atoms with Crippen LogP contribution in [-0.2, 0) is 0 Å². The van der Waals surface area contributed by atoms with E-state index in [1.54, 1.807) is 0 Å². The summed E-state index contributed by atoms with van der Waals surface area (Å²) >= 11 is 6.68. The summed E-state index contributed by atoms with van der Waals surface area (Å²) in [4.78, 5) is 19.2. The minimum Gasteiger partial charge on any atom is -0.480 e. The van der Waals surface area contributed by atoms with Crippen LogP contribution in [0.4, 0.5) is 0 Å². The molecule has 0 aliphatic carbocycles. The number of aromatic carboxylic acids is 1. The molecule has 7 heteroatoms. The summed E-state index contributed by atoms with van der Waals surface area (Å²) < 4.78 is 4.98. The Labute approximate surface area is 93.3 Å². The van der Waals surface area contributed by atoms with E-state index >= 15 is 0 Å². The number of rotatable bonds is 2. The van der Waals surface area contributed by atoms with Crippen LogP contribution in [-0.4, -0.2) is 28.2 Å². The molecule has 0 saturated carbocycles. The Morgan fingerprint density at radius 2 is 2.33 bits per heavy atom. The first-order valence-electron chi connectivity index (χ1n) is 3.86. The smallest absolute Gasteiger partial charge is 0.345 e. The SMILES string of the molecule is COc1nc(Cl)nc2sc(C(=O)O)cc12. The number of carbonyl (C=O) groups is 1. The van der Waals surface area contributed by atoms with E-state index in [1.165, 1.54) is 13.2 Å². The summed E-state index contributed by atoms with van der Waals surface area (Å²) in [6, 6.07) is 1.47. The Bertz CT molecular complexity index is 540. The van der Waals surface area contributed by atoms with E-state index in [9.17, 15) is 4.79 Å². The van der Waals surface area contributed by atoms with Crippen molar-refractivity contribution in [1.29, 1.82) is 0 Å². The fourth-order valence-electron chi connectivity index (χ4n) is 1.13. The lowest BCUT2D eigenvalue weighted by molar-refractivity contribution is 0.0702. The van der Waals surface area contributed by atoms with Gasteiger partial charge in [-0.2, -0.15) is 4.98 Å². The Morgan fingerprint density at radius 1 is 1.60 bits per heavy atom. The highest BCUT2D eigenvalue weighted by Crippen LogP contribution is 2.30. The summed E-state index contributed by atoms with van der Waals surface area (Å²) in [5, 5.41) is 9.41. The van der Waals surface area contributed by atoms with Crippen molar-refractivity contribution in [3.8, 4) is 5.88 Å². The molecule has 2 heterocycles. The number of carboxylic acid groups (broad SMARTS) is 1. The van der Waals surface area contributed by atoms with Gasteiger partial charge in [-0.05, 0) is 17.7 Å². The van der Waals surface area contributed by atoms with Crippen molar-refractivity contribution in [3.63, 3.8) is 0 Å². The van der Waals surface area contributed by atoms with Gasteiger partial charge in [0.05, 0.1) is 12.5 Å². The number of fused-ring (bicyclic) bond motifs is 1. The van der Waals surface area contributed by atoms with Gasteiger partial charge in [-0.3, -0.25) is 0 Å². The standard InChI is InChI=1S/C8H5ClN2O3S/c1-14-5-3-2-4(7(12)13)15-6(3)11-8(9)10-5/h2H,1H3,(H,12,13).